The topological polar surface area (TPSA) is 84.6 Å². The Labute approximate surface area is 127 Å². The van der Waals surface area contributed by atoms with Gasteiger partial charge in [0, 0.05) is 31.0 Å². The lowest BCUT2D eigenvalue weighted by Crippen LogP contribution is -2.18. The molecule has 1 aromatic rings. The number of benzene rings is 1. The zero-order valence-electron chi connectivity index (χ0n) is 12.5. The van der Waals surface area contributed by atoms with Gasteiger partial charge in [0.2, 0.25) is 5.75 Å². The highest BCUT2D eigenvalue weighted by Crippen LogP contribution is 2.31. The first-order valence-corrected chi connectivity index (χ1v) is 6.83. The molecule has 0 amide bonds. The molecule has 0 saturated heterocycles. The molecule has 0 radical (unpaired) electrons. The van der Waals surface area contributed by atoms with Gasteiger partial charge in [0.1, 0.15) is 0 Å². The number of hydrogen-bond acceptors (Lipinski definition) is 5. The number of halogens is 2. The zero-order chi connectivity index (χ0) is 16.8. The molecule has 6 nitrogen and oxygen atoms in total. The Morgan fingerprint density at radius 1 is 1.45 bits per heavy atom. The van der Waals surface area contributed by atoms with Gasteiger partial charge in [-0.2, -0.15) is 8.78 Å². The van der Waals surface area contributed by atoms with Gasteiger partial charge in [0.15, 0.2) is 0 Å². The van der Waals surface area contributed by atoms with Crippen LogP contribution in [0.1, 0.15) is 26.7 Å². The average Bonchev–Trinajstić information content (AvgIpc) is 2.43. The van der Waals surface area contributed by atoms with E-state index in [-0.39, 0.29) is 12.0 Å². The summed E-state index contributed by atoms with van der Waals surface area (Å²) < 4.78 is 28.7. The lowest BCUT2D eigenvalue weighted by molar-refractivity contribution is -0.386. The molecule has 0 aliphatic rings. The number of hydrogen-bond donors (Lipinski definition) is 2. The maximum atomic E-state index is 12.3. The van der Waals surface area contributed by atoms with E-state index >= 15 is 0 Å². The van der Waals surface area contributed by atoms with E-state index in [1.807, 2.05) is 13.8 Å². The van der Waals surface area contributed by atoms with Crippen LogP contribution in [0, 0.1) is 15.5 Å². The Morgan fingerprint density at radius 2 is 2.14 bits per heavy atom. The van der Waals surface area contributed by atoms with E-state index in [1.165, 1.54) is 12.1 Å². The normalized spacial score (nSPS) is 11.5. The fourth-order valence-corrected chi connectivity index (χ4v) is 1.84. The van der Waals surface area contributed by atoms with Gasteiger partial charge in [-0.05, 0) is 24.3 Å². The molecule has 0 atom stereocenters. The minimum atomic E-state index is -3.13. The van der Waals surface area contributed by atoms with Crippen molar-refractivity contribution < 1.29 is 23.5 Å². The Morgan fingerprint density at radius 3 is 2.68 bits per heavy atom. The fourth-order valence-electron chi connectivity index (χ4n) is 1.84. The Bertz CT molecular complexity index is 510. The van der Waals surface area contributed by atoms with Crippen LogP contribution in [0.3, 0.4) is 0 Å². The van der Waals surface area contributed by atoms with Crippen LogP contribution in [0.5, 0.6) is 5.75 Å². The van der Waals surface area contributed by atoms with Crippen molar-refractivity contribution in [2.45, 2.75) is 33.3 Å². The highest BCUT2D eigenvalue weighted by molar-refractivity contribution is 5.58. The number of aliphatic hydroxyl groups excluding tert-OH is 1. The van der Waals surface area contributed by atoms with Crippen molar-refractivity contribution in [1.82, 2.24) is 0 Å². The summed E-state index contributed by atoms with van der Waals surface area (Å²) in [7, 11) is 0. The van der Waals surface area contributed by atoms with Crippen LogP contribution in [0.4, 0.5) is 20.2 Å². The first-order chi connectivity index (χ1) is 10.2. The van der Waals surface area contributed by atoms with Gasteiger partial charge in [-0.3, -0.25) is 10.1 Å². The molecule has 0 unspecified atom stereocenters. The van der Waals surface area contributed by atoms with Crippen LogP contribution in [0.25, 0.3) is 0 Å². The summed E-state index contributed by atoms with van der Waals surface area (Å²) in [5.74, 6) is -0.472. The molecule has 0 saturated carbocycles. The van der Waals surface area contributed by atoms with E-state index in [9.17, 15) is 18.9 Å². The number of aliphatic hydroxyl groups is 1. The zero-order valence-corrected chi connectivity index (χ0v) is 12.5. The van der Waals surface area contributed by atoms with Crippen LogP contribution in [0.2, 0.25) is 0 Å². The van der Waals surface area contributed by atoms with E-state index in [1.54, 1.807) is 0 Å². The molecular formula is C14H20F2N2O4. The van der Waals surface area contributed by atoms with Crippen molar-refractivity contribution in [1.29, 1.82) is 0 Å². The van der Waals surface area contributed by atoms with E-state index < -0.39 is 23.0 Å². The molecule has 8 heteroatoms. The van der Waals surface area contributed by atoms with E-state index in [0.29, 0.717) is 12.2 Å². The van der Waals surface area contributed by atoms with Crippen molar-refractivity contribution in [2.24, 2.45) is 5.41 Å². The SMILES string of the molecule is CC(C)(CO)CCCNc1ccc([N+](=O)[O-])c(OC(F)F)c1. The Balaban J connectivity index is 2.66. The summed E-state index contributed by atoms with van der Waals surface area (Å²) in [6.45, 7) is 1.38. The Hall–Kier alpha value is -1.96. The highest BCUT2D eigenvalue weighted by atomic mass is 19.3. The molecule has 0 spiro atoms. The molecule has 1 rings (SSSR count). The van der Waals surface area contributed by atoms with Crippen molar-refractivity contribution in [3.05, 3.63) is 28.3 Å². The number of nitro benzene ring substituents is 1. The van der Waals surface area contributed by atoms with E-state index in [0.717, 1.165) is 18.9 Å². The summed E-state index contributed by atoms with van der Waals surface area (Å²) in [5, 5.41) is 22.9. The maximum Gasteiger partial charge on any atom is 0.387 e. The molecule has 0 aliphatic carbocycles. The summed E-state index contributed by atoms with van der Waals surface area (Å²) in [6, 6.07) is 3.74. The second-order valence-electron chi connectivity index (χ2n) is 5.67. The van der Waals surface area contributed by atoms with Crippen LogP contribution in [0.15, 0.2) is 18.2 Å². The van der Waals surface area contributed by atoms with Gasteiger partial charge in [0.05, 0.1) is 4.92 Å². The second-order valence-corrected chi connectivity index (χ2v) is 5.67. The molecule has 124 valence electrons. The fraction of sp³-hybridized carbons (Fsp3) is 0.571. The summed E-state index contributed by atoms with van der Waals surface area (Å²) in [5.41, 5.74) is -0.225. The predicted octanol–water partition coefficient (Wildman–Crippen LogP) is 3.41. The summed E-state index contributed by atoms with van der Waals surface area (Å²) >= 11 is 0. The third-order valence-corrected chi connectivity index (χ3v) is 3.16. The van der Waals surface area contributed by atoms with Crippen molar-refractivity contribution in [2.75, 3.05) is 18.5 Å². The van der Waals surface area contributed by atoms with Crippen LogP contribution in [-0.2, 0) is 0 Å². The number of alkyl halides is 2. The third kappa shape index (κ3) is 5.80. The van der Waals surface area contributed by atoms with Gasteiger partial charge in [-0.25, -0.2) is 0 Å². The van der Waals surface area contributed by atoms with E-state index in [4.69, 9.17) is 5.11 Å². The van der Waals surface area contributed by atoms with Gasteiger partial charge in [0.25, 0.3) is 0 Å². The van der Waals surface area contributed by atoms with Crippen molar-refractivity contribution in [3.63, 3.8) is 0 Å². The van der Waals surface area contributed by atoms with Gasteiger partial charge in [-0.1, -0.05) is 13.8 Å². The lowest BCUT2D eigenvalue weighted by Gasteiger charge is -2.21. The predicted molar refractivity (Wildman–Crippen MR) is 78.3 cm³/mol. The first kappa shape index (κ1) is 18.1. The van der Waals surface area contributed by atoms with Gasteiger partial charge < -0.3 is 15.2 Å². The minimum Gasteiger partial charge on any atom is -0.427 e. The van der Waals surface area contributed by atoms with Crippen molar-refractivity contribution >= 4 is 11.4 Å². The quantitative estimate of drug-likeness (QED) is 0.414. The molecule has 1 aromatic carbocycles. The van der Waals surface area contributed by atoms with E-state index in [2.05, 4.69) is 10.1 Å². The van der Waals surface area contributed by atoms with Crippen LogP contribution < -0.4 is 10.1 Å². The summed E-state index contributed by atoms with van der Waals surface area (Å²) in [4.78, 5) is 9.98. The molecule has 0 fully saturated rings. The number of rotatable bonds is 9. The molecular weight excluding hydrogens is 298 g/mol. The van der Waals surface area contributed by atoms with Gasteiger partial charge in [-0.15, -0.1) is 0 Å². The second kappa shape index (κ2) is 7.88. The molecule has 0 aromatic heterocycles. The number of nitro groups is 1. The number of anilines is 1. The molecule has 22 heavy (non-hydrogen) atoms. The van der Waals surface area contributed by atoms with Crippen LogP contribution in [-0.4, -0.2) is 29.8 Å². The number of nitrogens with zero attached hydrogens (tertiary/aromatic N) is 1. The smallest absolute Gasteiger partial charge is 0.387 e. The number of ether oxygens (including phenoxy) is 1. The van der Waals surface area contributed by atoms with Crippen molar-refractivity contribution in [3.8, 4) is 5.75 Å². The average molecular weight is 318 g/mol. The highest BCUT2D eigenvalue weighted by Gasteiger charge is 2.19. The summed E-state index contributed by atoms with van der Waals surface area (Å²) in [6.07, 6.45) is 1.54. The van der Waals surface area contributed by atoms with Crippen LogP contribution >= 0.6 is 0 Å². The first-order valence-electron chi connectivity index (χ1n) is 6.83. The molecule has 2 N–H and O–H groups in total. The van der Waals surface area contributed by atoms with Gasteiger partial charge >= 0.3 is 12.3 Å². The lowest BCUT2D eigenvalue weighted by atomic mass is 9.89. The molecule has 0 aliphatic heterocycles. The standard InChI is InChI=1S/C14H20F2N2O4/c1-14(2,9-19)6-3-7-17-10-4-5-11(18(20)21)12(8-10)22-13(15)16/h4-5,8,13,17,19H,3,6-7,9H2,1-2H3. The third-order valence-electron chi connectivity index (χ3n) is 3.16. The number of nitrogens with one attached hydrogen (secondary N) is 1. The Kier molecular flexibility index (Phi) is 6.48. The minimum absolute atomic E-state index is 0.0803. The molecule has 0 bridgehead atoms. The maximum absolute atomic E-state index is 12.3. The largest absolute Gasteiger partial charge is 0.427 e. The monoisotopic (exact) mass is 318 g/mol. The molecule has 0 heterocycles.